The quantitative estimate of drug-likeness (QED) is 0.492. The maximum atomic E-state index is 13.7. The van der Waals surface area contributed by atoms with Crippen LogP contribution in [0.5, 0.6) is 0 Å². The van der Waals surface area contributed by atoms with E-state index in [1.165, 1.54) is 23.9 Å². The lowest BCUT2D eigenvalue weighted by Crippen LogP contribution is -2.44. The SMILES string of the molecule is Cc1ccc(C2=NNC3(S2)C(=O)N(Cc2ccc([N+](=O)[O-])cc2)c2ccccc23)cc1. The third kappa shape index (κ3) is 3.16. The van der Waals surface area contributed by atoms with Crippen molar-refractivity contribution in [1.29, 1.82) is 0 Å². The van der Waals surface area contributed by atoms with Gasteiger partial charge in [-0.25, -0.2) is 0 Å². The molecule has 0 fully saturated rings. The van der Waals surface area contributed by atoms with Crippen LogP contribution in [0.4, 0.5) is 11.4 Å². The van der Waals surface area contributed by atoms with E-state index in [1.54, 1.807) is 17.0 Å². The van der Waals surface area contributed by atoms with Crippen molar-refractivity contribution in [3.8, 4) is 0 Å². The van der Waals surface area contributed by atoms with Gasteiger partial charge in [0.1, 0.15) is 5.04 Å². The Balaban J connectivity index is 1.46. The monoisotopic (exact) mass is 430 g/mol. The number of nitrogens with one attached hydrogen (secondary N) is 1. The molecule has 0 bridgehead atoms. The third-order valence-electron chi connectivity index (χ3n) is 5.47. The first-order chi connectivity index (χ1) is 15.0. The summed E-state index contributed by atoms with van der Waals surface area (Å²) >= 11 is 1.41. The highest BCUT2D eigenvalue weighted by Gasteiger charge is 2.55. The molecule has 7 nitrogen and oxygen atoms in total. The molecule has 0 saturated heterocycles. The number of anilines is 1. The van der Waals surface area contributed by atoms with Crippen LogP contribution < -0.4 is 10.3 Å². The van der Waals surface area contributed by atoms with E-state index in [1.807, 2.05) is 55.5 Å². The van der Waals surface area contributed by atoms with Gasteiger partial charge in [0.25, 0.3) is 11.6 Å². The van der Waals surface area contributed by atoms with Crippen LogP contribution in [-0.2, 0) is 16.2 Å². The molecule has 3 aromatic rings. The molecule has 2 heterocycles. The van der Waals surface area contributed by atoms with Gasteiger partial charge < -0.3 is 4.90 Å². The minimum absolute atomic E-state index is 0.0255. The maximum Gasteiger partial charge on any atom is 0.270 e. The second-order valence-corrected chi connectivity index (χ2v) is 8.71. The van der Waals surface area contributed by atoms with E-state index in [9.17, 15) is 14.9 Å². The summed E-state index contributed by atoms with van der Waals surface area (Å²) in [5.41, 5.74) is 7.74. The van der Waals surface area contributed by atoms with Crippen LogP contribution in [0.15, 0.2) is 77.9 Å². The first-order valence-corrected chi connectivity index (χ1v) is 10.6. The normalized spacial score (nSPS) is 19.3. The van der Waals surface area contributed by atoms with E-state index >= 15 is 0 Å². The molecule has 2 aliphatic rings. The zero-order chi connectivity index (χ0) is 21.6. The van der Waals surface area contributed by atoms with Crippen LogP contribution >= 0.6 is 11.8 Å². The highest BCUT2D eigenvalue weighted by atomic mass is 32.2. The van der Waals surface area contributed by atoms with E-state index in [4.69, 9.17) is 0 Å². The first-order valence-electron chi connectivity index (χ1n) is 9.74. The van der Waals surface area contributed by atoms with Crippen molar-refractivity contribution in [3.63, 3.8) is 0 Å². The predicted molar refractivity (Wildman–Crippen MR) is 121 cm³/mol. The van der Waals surface area contributed by atoms with E-state index in [2.05, 4.69) is 10.5 Å². The first kappa shape index (κ1) is 19.3. The van der Waals surface area contributed by atoms with Crippen LogP contribution in [-0.4, -0.2) is 15.9 Å². The van der Waals surface area contributed by atoms with Gasteiger partial charge in [0.2, 0.25) is 4.87 Å². The smallest absolute Gasteiger partial charge is 0.270 e. The standard InChI is InChI=1S/C23H18N4O3S/c1-15-6-10-17(11-7-15)21-24-25-23(31-21)19-4-2-3-5-20(19)26(22(23)28)14-16-8-12-18(13-9-16)27(29)30/h2-13,25H,14H2,1H3. The molecule has 1 atom stereocenters. The molecular formula is C23H18N4O3S. The Morgan fingerprint density at radius 2 is 1.77 bits per heavy atom. The van der Waals surface area contributed by atoms with Crippen LogP contribution in [0.1, 0.15) is 22.3 Å². The zero-order valence-electron chi connectivity index (χ0n) is 16.6. The Labute approximate surface area is 182 Å². The molecule has 0 radical (unpaired) electrons. The van der Waals surface area contributed by atoms with Crippen LogP contribution in [0.25, 0.3) is 0 Å². The number of para-hydroxylation sites is 1. The van der Waals surface area contributed by atoms with E-state index < -0.39 is 9.79 Å². The molecular weight excluding hydrogens is 412 g/mol. The van der Waals surface area contributed by atoms with Crippen molar-refractivity contribution in [3.05, 3.63) is 105 Å². The Kier molecular flexibility index (Phi) is 4.51. The number of carbonyl (C=O) groups is 1. The topological polar surface area (TPSA) is 87.8 Å². The summed E-state index contributed by atoms with van der Waals surface area (Å²) < 4.78 is 0. The minimum Gasteiger partial charge on any atom is -0.304 e. The number of nitrogens with zero attached hydrogens (tertiary/aromatic N) is 3. The average Bonchev–Trinajstić information content (AvgIpc) is 3.32. The molecule has 0 saturated carbocycles. The van der Waals surface area contributed by atoms with Crippen molar-refractivity contribution >= 4 is 34.1 Å². The number of thioether (sulfide) groups is 1. The zero-order valence-corrected chi connectivity index (χ0v) is 17.4. The molecule has 1 N–H and O–H groups in total. The van der Waals surface area contributed by atoms with Gasteiger partial charge in [0, 0.05) is 23.3 Å². The number of hydrogen-bond acceptors (Lipinski definition) is 6. The lowest BCUT2D eigenvalue weighted by atomic mass is 10.1. The number of benzene rings is 3. The molecule has 3 aromatic carbocycles. The highest BCUT2D eigenvalue weighted by Crippen LogP contribution is 2.50. The van der Waals surface area contributed by atoms with Gasteiger partial charge in [-0.05, 0) is 18.6 Å². The van der Waals surface area contributed by atoms with Gasteiger partial charge in [-0.15, -0.1) is 0 Å². The second-order valence-electron chi connectivity index (χ2n) is 7.51. The number of hydrogen-bond donors (Lipinski definition) is 1. The second kappa shape index (κ2) is 7.24. The molecule has 0 aliphatic carbocycles. The number of fused-ring (bicyclic) bond motifs is 2. The summed E-state index contributed by atoms with van der Waals surface area (Å²) in [6.45, 7) is 2.34. The number of amides is 1. The Morgan fingerprint density at radius 3 is 2.48 bits per heavy atom. The fraction of sp³-hybridized carbons (Fsp3) is 0.130. The molecule has 31 heavy (non-hydrogen) atoms. The summed E-state index contributed by atoms with van der Waals surface area (Å²) in [6, 6.07) is 22.0. The molecule has 8 heteroatoms. The fourth-order valence-electron chi connectivity index (χ4n) is 3.83. The Morgan fingerprint density at radius 1 is 1.06 bits per heavy atom. The van der Waals surface area contributed by atoms with Crippen molar-refractivity contribution in [2.24, 2.45) is 5.10 Å². The number of nitro groups is 1. The average molecular weight is 430 g/mol. The molecule has 5 rings (SSSR count). The van der Waals surface area contributed by atoms with Gasteiger partial charge in [-0.2, -0.15) is 5.10 Å². The summed E-state index contributed by atoms with van der Waals surface area (Å²) in [5.74, 6) is -0.108. The lowest BCUT2D eigenvalue weighted by molar-refractivity contribution is -0.384. The van der Waals surface area contributed by atoms with Crippen LogP contribution in [0.3, 0.4) is 0 Å². The highest BCUT2D eigenvalue weighted by molar-refractivity contribution is 8.16. The lowest BCUT2D eigenvalue weighted by Gasteiger charge is -2.22. The summed E-state index contributed by atoms with van der Waals surface area (Å²) in [5, 5.41) is 16.2. The van der Waals surface area contributed by atoms with Crippen molar-refractivity contribution in [1.82, 2.24) is 5.43 Å². The van der Waals surface area contributed by atoms with Gasteiger partial charge in [-0.1, -0.05) is 71.9 Å². The Bertz CT molecular complexity index is 1220. The molecule has 1 spiro atoms. The van der Waals surface area contributed by atoms with Crippen molar-refractivity contribution < 1.29 is 9.72 Å². The fourth-order valence-corrected chi connectivity index (χ4v) is 5.04. The van der Waals surface area contributed by atoms with Crippen LogP contribution in [0, 0.1) is 17.0 Å². The van der Waals surface area contributed by atoms with Crippen molar-refractivity contribution in [2.75, 3.05) is 4.90 Å². The largest absolute Gasteiger partial charge is 0.304 e. The van der Waals surface area contributed by atoms with Crippen LogP contribution in [0.2, 0.25) is 0 Å². The van der Waals surface area contributed by atoms with Crippen molar-refractivity contribution in [2.45, 2.75) is 18.3 Å². The number of rotatable bonds is 4. The minimum atomic E-state index is -1.02. The number of non-ortho nitro benzene ring substituents is 1. The predicted octanol–water partition coefficient (Wildman–Crippen LogP) is 4.30. The van der Waals surface area contributed by atoms with Gasteiger partial charge in [0.05, 0.1) is 17.2 Å². The number of carbonyl (C=O) groups excluding carboxylic acids is 1. The molecule has 1 amide bonds. The molecule has 2 aliphatic heterocycles. The van der Waals surface area contributed by atoms with Gasteiger partial charge in [-0.3, -0.25) is 20.3 Å². The van der Waals surface area contributed by atoms with E-state index in [0.717, 1.165) is 33.0 Å². The number of aryl methyl sites for hydroxylation is 1. The summed E-state index contributed by atoms with van der Waals surface area (Å²) in [6.07, 6.45) is 0. The molecule has 0 aromatic heterocycles. The Hall–Kier alpha value is -3.65. The molecule has 1 unspecified atom stereocenters. The van der Waals surface area contributed by atoms with E-state index in [0.29, 0.717) is 6.54 Å². The maximum absolute atomic E-state index is 13.7. The molecule has 154 valence electrons. The van der Waals surface area contributed by atoms with Gasteiger partial charge in [0.15, 0.2) is 0 Å². The summed E-state index contributed by atoms with van der Waals surface area (Å²) in [4.78, 5) is 24.8. The third-order valence-corrected chi connectivity index (χ3v) is 6.78. The number of nitro benzene ring substituents is 1. The summed E-state index contributed by atoms with van der Waals surface area (Å²) in [7, 11) is 0. The number of hydrazone groups is 1. The van der Waals surface area contributed by atoms with Gasteiger partial charge >= 0.3 is 0 Å². The van der Waals surface area contributed by atoms with E-state index in [-0.39, 0.29) is 11.6 Å².